The fourth-order valence-electron chi connectivity index (χ4n) is 2.21. The summed E-state index contributed by atoms with van der Waals surface area (Å²) in [4.78, 5) is 11.3. The van der Waals surface area contributed by atoms with Gasteiger partial charge in [-0.05, 0) is 52.4 Å². The highest BCUT2D eigenvalue weighted by atomic mass is 16.7. The highest BCUT2D eigenvalue weighted by molar-refractivity contribution is 5.71. The summed E-state index contributed by atoms with van der Waals surface area (Å²) in [6, 6.07) is 0. The first-order valence-electron chi connectivity index (χ1n) is 8.26. The second-order valence-corrected chi connectivity index (χ2v) is 5.73. The predicted molar refractivity (Wildman–Crippen MR) is 83.0 cm³/mol. The molecule has 1 unspecified atom stereocenters. The topological polar surface area (TPSA) is 44.8 Å². The summed E-state index contributed by atoms with van der Waals surface area (Å²) < 4.78 is 16.2. The zero-order valence-corrected chi connectivity index (χ0v) is 13.5. The molecule has 0 aromatic rings. The number of unbranched alkanes of at least 4 members (excludes halogenated alkanes) is 3. The van der Waals surface area contributed by atoms with E-state index in [9.17, 15) is 4.79 Å². The van der Waals surface area contributed by atoms with Gasteiger partial charge in [-0.25, -0.2) is 0 Å². The Morgan fingerprint density at radius 1 is 1.24 bits per heavy atom. The third-order valence-corrected chi connectivity index (χ3v) is 3.28. The van der Waals surface area contributed by atoms with E-state index in [4.69, 9.17) is 14.2 Å². The standard InChI is InChI=1S/C17H30O4/c1-15(2)21-16(18)11-7-5-3-4-6-9-13-19-17-12-8-10-14-20-17/h5,7,15,17H,3-4,6,8-14H2,1-2H3/b7-5+. The zero-order valence-electron chi connectivity index (χ0n) is 13.5. The van der Waals surface area contributed by atoms with Gasteiger partial charge in [-0.15, -0.1) is 0 Å². The Bertz CT molecular complexity index is 293. The first-order valence-corrected chi connectivity index (χ1v) is 8.26. The molecule has 1 fully saturated rings. The molecule has 0 N–H and O–H groups in total. The first kappa shape index (κ1) is 18.2. The van der Waals surface area contributed by atoms with Crippen LogP contribution in [0.3, 0.4) is 0 Å². The Labute approximate surface area is 128 Å². The monoisotopic (exact) mass is 298 g/mol. The summed E-state index contributed by atoms with van der Waals surface area (Å²) in [5, 5.41) is 0. The average molecular weight is 298 g/mol. The Morgan fingerprint density at radius 2 is 2.10 bits per heavy atom. The maximum atomic E-state index is 11.3. The van der Waals surface area contributed by atoms with Crippen LogP contribution in [0.2, 0.25) is 0 Å². The lowest BCUT2D eigenvalue weighted by molar-refractivity contribution is -0.162. The lowest BCUT2D eigenvalue weighted by Crippen LogP contribution is -2.22. The van der Waals surface area contributed by atoms with E-state index >= 15 is 0 Å². The molecule has 0 bridgehead atoms. The molecule has 1 aliphatic heterocycles. The molecule has 4 heteroatoms. The van der Waals surface area contributed by atoms with E-state index in [0.29, 0.717) is 6.42 Å². The summed E-state index contributed by atoms with van der Waals surface area (Å²) in [5.74, 6) is -0.151. The molecule has 1 atom stereocenters. The van der Waals surface area contributed by atoms with Crippen LogP contribution in [0.25, 0.3) is 0 Å². The van der Waals surface area contributed by atoms with E-state index in [1.165, 1.54) is 6.42 Å². The largest absolute Gasteiger partial charge is 0.463 e. The summed E-state index contributed by atoms with van der Waals surface area (Å²) in [5.41, 5.74) is 0. The van der Waals surface area contributed by atoms with Crippen LogP contribution in [-0.4, -0.2) is 31.6 Å². The highest BCUT2D eigenvalue weighted by Crippen LogP contribution is 2.14. The second-order valence-electron chi connectivity index (χ2n) is 5.73. The van der Waals surface area contributed by atoms with E-state index < -0.39 is 0 Å². The molecule has 0 aromatic heterocycles. The smallest absolute Gasteiger partial charge is 0.309 e. The lowest BCUT2D eigenvalue weighted by Gasteiger charge is -2.22. The van der Waals surface area contributed by atoms with Gasteiger partial charge in [-0.2, -0.15) is 0 Å². The van der Waals surface area contributed by atoms with Gasteiger partial charge in [-0.1, -0.05) is 18.6 Å². The number of hydrogen-bond acceptors (Lipinski definition) is 4. The van der Waals surface area contributed by atoms with Crippen molar-refractivity contribution in [1.29, 1.82) is 0 Å². The number of hydrogen-bond donors (Lipinski definition) is 0. The van der Waals surface area contributed by atoms with Crippen molar-refractivity contribution < 1.29 is 19.0 Å². The lowest BCUT2D eigenvalue weighted by atomic mass is 10.2. The number of carbonyl (C=O) groups excluding carboxylic acids is 1. The van der Waals surface area contributed by atoms with Crippen LogP contribution in [0.4, 0.5) is 0 Å². The van der Waals surface area contributed by atoms with Crippen molar-refractivity contribution in [1.82, 2.24) is 0 Å². The van der Waals surface area contributed by atoms with Crippen molar-refractivity contribution in [3.63, 3.8) is 0 Å². The molecule has 1 saturated heterocycles. The summed E-state index contributed by atoms with van der Waals surface area (Å²) in [6.07, 6.45) is 12.1. The van der Waals surface area contributed by atoms with Crippen LogP contribution in [0.1, 0.15) is 65.2 Å². The van der Waals surface area contributed by atoms with Gasteiger partial charge in [0.1, 0.15) is 0 Å². The second kappa shape index (κ2) is 11.8. The van der Waals surface area contributed by atoms with Gasteiger partial charge in [0.05, 0.1) is 12.5 Å². The van der Waals surface area contributed by atoms with E-state index in [-0.39, 0.29) is 18.4 Å². The number of ether oxygens (including phenoxy) is 3. The van der Waals surface area contributed by atoms with Gasteiger partial charge in [0.2, 0.25) is 0 Å². The molecule has 0 aliphatic carbocycles. The fourth-order valence-corrected chi connectivity index (χ4v) is 2.21. The average Bonchev–Trinajstić information content (AvgIpc) is 2.46. The zero-order chi connectivity index (χ0) is 15.3. The van der Waals surface area contributed by atoms with Gasteiger partial charge in [0.15, 0.2) is 6.29 Å². The van der Waals surface area contributed by atoms with Crippen molar-refractivity contribution in [2.24, 2.45) is 0 Å². The van der Waals surface area contributed by atoms with Crippen LogP contribution in [0.15, 0.2) is 12.2 Å². The van der Waals surface area contributed by atoms with Gasteiger partial charge >= 0.3 is 5.97 Å². The third kappa shape index (κ3) is 10.5. The van der Waals surface area contributed by atoms with E-state index in [0.717, 1.165) is 51.7 Å². The maximum absolute atomic E-state index is 11.3. The highest BCUT2D eigenvalue weighted by Gasteiger charge is 2.13. The Kier molecular flexibility index (Phi) is 10.2. The quantitative estimate of drug-likeness (QED) is 0.347. The Hall–Kier alpha value is -0.870. The molecular formula is C17H30O4. The normalized spacial score (nSPS) is 19.3. The number of allylic oxidation sites excluding steroid dienone is 1. The minimum Gasteiger partial charge on any atom is -0.463 e. The van der Waals surface area contributed by atoms with E-state index in [2.05, 4.69) is 6.08 Å². The molecule has 0 spiro atoms. The Balaban J connectivity index is 1.86. The number of esters is 1. The molecule has 0 amide bonds. The van der Waals surface area contributed by atoms with Crippen molar-refractivity contribution in [2.75, 3.05) is 13.2 Å². The van der Waals surface area contributed by atoms with Gasteiger partial charge < -0.3 is 14.2 Å². The molecule has 0 radical (unpaired) electrons. The molecule has 4 nitrogen and oxygen atoms in total. The first-order chi connectivity index (χ1) is 10.2. The van der Waals surface area contributed by atoms with Crippen molar-refractivity contribution in [3.8, 4) is 0 Å². The molecule has 122 valence electrons. The van der Waals surface area contributed by atoms with Crippen LogP contribution in [-0.2, 0) is 19.0 Å². The van der Waals surface area contributed by atoms with Gasteiger partial charge in [-0.3, -0.25) is 4.79 Å². The van der Waals surface area contributed by atoms with Crippen molar-refractivity contribution in [2.45, 2.75) is 77.6 Å². The Morgan fingerprint density at radius 3 is 2.81 bits per heavy atom. The minimum atomic E-state index is -0.151. The molecule has 0 aromatic carbocycles. The van der Waals surface area contributed by atoms with Crippen molar-refractivity contribution in [3.05, 3.63) is 12.2 Å². The van der Waals surface area contributed by atoms with Crippen LogP contribution < -0.4 is 0 Å². The summed E-state index contributed by atoms with van der Waals surface area (Å²) in [7, 11) is 0. The number of rotatable bonds is 10. The summed E-state index contributed by atoms with van der Waals surface area (Å²) in [6.45, 7) is 5.36. The van der Waals surface area contributed by atoms with Crippen molar-refractivity contribution >= 4 is 5.97 Å². The fraction of sp³-hybridized carbons (Fsp3) is 0.824. The van der Waals surface area contributed by atoms with Gasteiger partial charge in [0.25, 0.3) is 0 Å². The molecule has 1 rings (SSSR count). The number of carbonyl (C=O) groups is 1. The minimum absolute atomic E-state index is 0.0287. The van der Waals surface area contributed by atoms with Crippen LogP contribution >= 0.6 is 0 Å². The molecule has 21 heavy (non-hydrogen) atoms. The van der Waals surface area contributed by atoms with Crippen LogP contribution in [0.5, 0.6) is 0 Å². The van der Waals surface area contributed by atoms with E-state index in [1.54, 1.807) is 0 Å². The molecular weight excluding hydrogens is 268 g/mol. The molecule has 1 heterocycles. The third-order valence-electron chi connectivity index (χ3n) is 3.28. The molecule has 1 aliphatic rings. The SMILES string of the molecule is CC(C)OC(=O)C/C=C/CCCCCOC1CCCCO1. The van der Waals surface area contributed by atoms with Gasteiger partial charge in [0, 0.05) is 13.2 Å². The van der Waals surface area contributed by atoms with E-state index in [1.807, 2.05) is 19.9 Å². The summed E-state index contributed by atoms with van der Waals surface area (Å²) >= 11 is 0. The molecule has 0 saturated carbocycles. The predicted octanol–water partition coefficient (Wildman–Crippen LogP) is 3.99. The van der Waals surface area contributed by atoms with Crippen LogP contribution in [0, 0.1) is 0 Å². The maximum Gasteiger partial charge on any atom is 0.309 e.